The highest BCUT2D eigenvalue weighted by atomic mass is 32.2. The van der Waals surface area contributed by atoms with Crippen molar-refractivity contribution in [3.63, 3.8) is 0 Å². The highest BCUT2D eigenvalue weighted by Gasteiger charge is 2.16. The molecule has 8 heteroatoms. The minimum Gasteiger partial charge on any atom is -0.448 e. The van der Waals surface area contributed by atoms with E-state index in [-0.39, 0.29) is 5.92 Å². The molecule has 20 heavy (non-hydrogen) atoms. The van der Waals surface area contributed by atoms with E-state index in [4.69, 9.17) is 4.42 Å². The van der Waals surface area contributed by atoms with Crippen molar-refractivity contribution < 1.29 is 8.63 Å². The van der Waals surface area contributed by atoms with E-state index in [0.29, 0.717) is 17.3 Å². The summed E-state index contributed by atoms with van der Waals surface area (Å²) in [4.78, 5) is 10.4. The maximum absolute atomic E-state index is 12.2. The molecular formula is C12H18N4O2S2. The van der Waals surface area contributed by atoms with E-state index >= 15 is 0 Å². The second-order valence-electron chi connectivity index (χ2n) is 4.93. The summed E-state index contributed by atoms with van der Waals surface area (Å²) in [5, 5.41) is 0.821. The second-order valence-corrected chi connectivity index (χ2v) is 7.12. The molecule has 2 aromatic heterocycles. The van der Waals surface area contributed by atoms with Crippen LogP contribution in [0.15, 0.2) is 10.8 Å². The zero-order chi connectivity index (χ0) is 14.7. The van der Waals surface area contributed by atoms with Gasteiger partial charge in [-0.05, 0) is 0 Å². The molecule has 0 radical (unpaired) electrons. The monoisotopic (exact) mass is 314 g/mol. The van der Waals surface area contributed by atoms with Crippen LogP contribution in [0.1, 0.15) is 37.0 Å². The molecule has 0 aromatic carbocycles. The number of hydrogen-bond acceptors (Lipinski definition) is 7. The van der Waals surface area contributed by atoms with Gasteiger partial charge >= 0.3 is 0 Å². The summed E-state index contributed by atoms with van der Waals surface area (Å²) in [7, 11) is 2.73. The largest absolute Gasteiger partial charge is 0.448 e. The van der Waals surface area contributed by atoms with Crippen molar-refractivity contribution in [2.24, 2.45) is 0 Å². The Bertz CT molecular complexity index is 592. The molecule has 0 spiro atoms. The molecule has 2 rings (SSSR count). The number of aromatic nitrogens is 3. The van der Waals surface area contributed by atoms with Gasteiger partial charge in [-0.3, -0.25) is 4.21 Å². The predicted octanol–water partition coefficient (Wildman–Crippen LogP) is 2.16. The van der Waals surface area contributed by atoms with Gasteiger partial charge in [0.1, 0.15) is 5.76 Å². The van der Waals surface area contributed by atoms with Gasteiger partial charge in [-0.15, -0.1) is 0 Å². The van der Waals surface area contributed by atoms with Crippen molar-refractivity contribution in [1.82, 2.24) is 14.3 Å². The van der Waals surface area contributed by atoms with Gasteiger partial charge in [0.05, 0.1) is 17.2 Å². The first-order valence-electron chi connectivity index (χ1n) is 6.24. The fourth-order valence-electron chi connectivity index (χ4n) is 1.69. The van der Waals surface area contributed by atoms with Gasteiger partial charge < -0.3 is 9.32 Å². The van der Waals surface area contributed by atoms with Crippen molar-refractivity contribution >= 4 is 27.5 Å². The molecule has 0 N–H and O–H groups in total. The summed E-state index contributed by atoms with van der Waals surface area (Å²) in [6, 6.07) is 0. The topological polar surface area (TPSA) is 72.1 Å². The van der Waals surface area contributed by atoms with Gasteiger partial charge in [0.2, 0.25) is 5.13 Å². The van der Waals surface area contributed by atoms with E-state index in [1.54, 1.807) is 0 Å². The Hall–Kier alpha value is -1.28. The molecule has 0 bridgehead atoms. The van der Waals surface area contributed by atoms with Crippen LogP contribution >= 0.6 is 11.5 Å². The van der Waals surface area contributed by atoms with Gasteiger partial charge in [-0.25, -0.2) is 9.97 Å². The Balaban J connectivity index is 1.99. The molecule has 2 aromatic rings. The van der Waals surface area contributed by atoms with Crippen LogP contribution < -0.4 is 4.90 Å². The molecule has 2 heterocycles. The van der Waals surface area contributed by atoms with E-state index in [9.17, 15) is 4.21 Å². The number of hydrogen-bond donors (Lipinski definition) is 0. The highest BCUT2D eigenvalue weighted by molar-refractivity contribution is 7.83. The van der Waals surface area contributed by atoms with Crippen LogP contribution in [0, 0.1) is 0 Å². The first-order chi connectivity index (χ1) is 9.47. The summed E-state index contributed by atoms with van der Waals surface area (Å²) < 4.78 is 21.7. The summed E-state index contributed by atoms with van der Waals surface area (Å²) in [6.07, 6.45) is 1.41. The van der Waals surface area contributed by atoms with Crippen LogP contribution in [-0.4, -0.2) is 32.6 Å². The Morgan fingerprint density at radius 1 is 1.40 bits per heavy atom. The lowest BCUT2D eigenvalue weighted by molar-refractivity contribution is 0.480. The smallest absolute Gasteiger partial charge is 0.204 e. The molecule has 1 atom stereocenters. The molecule has 6 nitrogen and oxygen atoms in total. The van der Waals surface area contributed by atoms with Gasteiger partial charge in [0.25, 0.3) is 0 Å². The fraction of sp³-hybridized carbons (Fsp3) is 0.583. The van der Waals surface area contributed by atoms with Crippen LogP contribution in [0.3, 0.4) is 0 Å². The fourth-order valence-corrected chi connectivity index (χ4v) is 3.41. The van der Waals surface area contributed by atoms with Crippen LogP contribution in [0.4, 0.5) is 5.13 Å². The Morgan fingerprint density at radius 2 is 2.15 bits per heavy atom. The molecule has 0 unspecified atom stereocenters. The molecular weight excluding hydrogens is 296 g/mol. The van der Waals surface area contributed by atoms with Crippen LogP contribution in [0.2, 0.25) is 0 Å². The molecule has 0 amide bonds. The summed E-state index contributed by atoms with van der Waals surface area (Å²) in [5.41, 5.74) is 0.765. The molecule has 0 aliphatic heterocycles. The Labute approximate surface area is 124 Å². The minimum atomic E-state index is -1.09. The van der Waals surface area contributed by atoms with Crippen LogP contribution in [0.25, 0.3) is 0 Å². The first-order valence-corrected chi connectivity index (χ1v) is 8.50. The summed E-state index contributed by atoms with van der Waals surface area (Å²) in [5.74, 6) is 2.38. The van der Waals surface area contributed by atoms with Crippen molar-refractivity contribution in [3.05, 3.63) is 23.7 Å². The Morgan fingerprint density at radius 3 is 2.75 bits per heavy atom. The zero-order valence-corrected chi connectivity index (χ0v) is 13.6. The Kier molecular flexibility index (Phi) is 4.87. The maximum Gasteiger partial charge on any atom is 0.204 e. The van der Waals surface area contributed by atoms with Gasteiger partial charge in [0.15, 0.2) is 12.2 Å². The second kappa shape index (κ2) is 6.45. The number of nitrogens with zero attached hydrogens (tertiary/aromatic N) is 4. The number of rotatable bonds is 6. The van der Waals surface area contributed by atoms with E-state index in [1.807, 2.05) is 32.8 Å². The van der Waals surface area contributed by atoms with E-state index in [0.717, 1.165) is 16.6 Å². The van der Waals surface area contributed by atoms with E-state index in [1.165, 1.54) is 17.9 Å². The molecule has 0 aliphatic carbocycles. The van der Waals surface area contributed by atoms with E-state index < -0.39 is 10.8 Å². The quantitative estimate of drug-likeness (QED) is 0.813. The third-order valence-electron chi connectivity index (χ3n) is 2.62. The zero-order valence-electron chi connectivity index (χ0n) is 12.0. The van der Waals surface area contributed by atoms with Crippen LogP contribution in [0.5, 0.6) is 0 Å². The predicted molar refractivity (Wildman–Crippen MR) is 80.4 cm³/mol. The molecule has 0 saturated heterocycles. The summed E-state index contributed by atoms with van der Waals surface area (Å²) >= 11 is 1.31. The molecule has 110 valence electrons. The minimum absolute atomic E-state index is 0.238. The average Bonchev–Trinajstić information content (AvgIpc) is 2.97. The average molecular weight is 314 g/mol. The van der Waals surface area contributed by atoms with Crippen LogP contribution in [-0.2, 0) is 22.3 Å². The lowest BCUT2D eigenvalue weighted by Crippen LogP contribution is -2.08. The van der Waals surface area contributed by atoms with Gasteiger partial charge in [-0.2, -0.15) is 4.37 Å². The standard InChI is InChI=1S/C12H18N4O2S2/c1-8(2)11-9(13-7-18-11)5-20(17)6-10-14-12(16(3)4)19-15-10/h7-8H,5-6H2,1-4H3/t20-/m1/s1. The van der Waals surface area contributed by atoms with Crippen molar-refractivity contribution in [1.29, 1.82) is 0 Å². The van der Waals surface area contributed by atoms with Crippen molar-refractivity contribution in [2.75, 3.05) is 19.0 Å². The third kappa shape index (κ3) is 3.63. The number of anilines is 1. The lowest BCUT2D eigenvalue weighted by Gasteiger charge is -2.04. The highest BCUT2D eigenvalue weighted by Crippen LogP contribution is 2.20. The normalized spacial score (nSPS) is 12.8. The molecule has 0 fully saturated rings. The van der Waals surface area contributed by atoms with Gasteiger partial charge in [-0.1, -0.05) is 13.8 Å². The maximum atomic E-state index is 12.2. The SMILES string of the molecule is CC(C)c1ocnc1C[S@@](=O)Cc1nsc(N(C)C)n1. The molecule has 0 aliphatic rings. The summed E-state index contributed by atoms with van der Waals surface area (Å²) in [6.45, 7) is 4.05. The van der Waals surface area contributed by atoms with E-state index in [2.05, 4.69) is 14.3 Å². The number of oxazole rings is 1. The lowest BCUT2D eigenvalue weighted by atomic mass is 10.1. The van der Waals surface area contributed by atoms with Crippen molar-refractivity contribution in [3.8, 4) is 0 Å². The first kappa shape index (κ1) is 15.1. The van der Waals surface area contributed by atoms with Gasteiger partial charge in [0, 0.05) is 42.3 Å². The van der Waals surface area contributed by atoms with Crippen molar-refractivity contribution in [2.45, 2.75) is 31.3 Å². The third-order valence-corrected chi connectivity index (χ3v) is 4.72. The molecule has 0 saturated carbocycles.